The van der Waals surface area contributed by atoms with Crippen LogP contribution in [0.2, 0.25) is 0 Å². The van der Waals surface area contributed by atoms with Crippen LogP contribution >= 0.6 is 0 Å². The standard InChI is InChI=1S/C17H23NO2/c18-11-10-17(19)15-8-5-9-16(12-15)20-13-14-6-3-1-2-4-7-14/h5,8-9,12,14,17,19H,1-4,6-7,10,13H2. The molecule has 1 aromatic rings. The molecule has 20 heavy (non-hydrogen) atoms. The van der Waals surface area contributed by atoms with Gasteiger partial charge in [0.05, 0.1) is 25.2 Å². The lowest BCUT2D eigenvalue weighted by Crippen LogP contribution is -2.11. The van der Waals surface area contributed by atoms with Gasteiger partial charge in [-0.25, -0.2) is 0 Å². The molecule has 1 saturated carbocycles. The SMILES string of the molecule is N#CCC(O)c1cccc(OCC2CCCCCC2)c1. The van der Waals surface area contributed by atoms with Crippen LogP contribution in [-0.2, 0) is 0 Å². The van der Waals surface area contributed by atoms with Gasteiger partial charge in [0.25, 0.3) is 0 Å². The fourth-order valence-corrected chi connectivity index (χ4v) is 2.76. The molecule has 1 unspecified atom stereocenters. The molecular formula is C17H23NO2. The van der Waals surface area contributed by atoms with Gasteiger partial charge in [0.15, 0.2) is 0 Å². The predicted molar refractivity (Wildman–Crippen MR) is 78.3 cm³/mol. The molecule has 1 aliphatic rings. The van der Waals surface area contributed by atoms with Crippen LogP contribution < -0.4 is 4.74 Å². The molecule has 0 radical (unpaired) electrons. The van der Waals surface area contributed by atoms with Crippen LogP contribution in [-0.4, -0.2) is 11.7 Å². The summed E-state index contributed by atoms with van der Waals surface area (Å²) in [6.07, 6.45) is 7.25. The molecule has 3 heteroatoms. The van der Waals surface area contributed by atoms with Crippen molar-refractivity contribution in [3.05, 3.63) is 29.8 Å². The molecule has 0 aliphatic heterocycles. The van der Waals surface area contributed by atoms with Gasteiger partial charge >= 0.3 is 0 Å². The van der Waals surface area contributed by atoms with Crippen molar-refractivity contribution in [2.24, 2.45) is 5.92 Å². The molecule has 0 aromatic heterocycles. The van der Waals surface area contributed by atoms with E-state index in [-0.39, 0.29) is 6.42 Å². The number of hydrogen-bond donors (Lipinski definition) is 1. The lowest BCUT2D eigenvalue weighted by molar-refractivity contribution is 0.182. The highest BCUT2D eigenvalue weighted by Gasteiger charge is 2.13. The van der Waals surface area contributed by atoms with Gasteiger partial charge in [-0.15, -0.1) is 0 Å². The first-order valence-electron chi connectivity index (χ1n) is 7.57. The summed E-state index contributed by atoms with van der Waals surface area (Å²) in [4.78, 5) is 0. The average Bonchev–Trinajstić information content (AvgIpc) is 2.74. The Labute approximate surface area is 121 Å². The molecular weight excluding hydrogens is 250 g/mol. The van der Waals surface area contributed by atoms with Gasteiger partial charge in [-0.2, -0.15) is 5.26 Å². The van der Waals surface area contributed by atoms with Crippen LogP contribution in [0.25, 0.3) is 0 Å². The summed E-state index contributed by atoms with van der Waals surface area (Å²) in [6, 6.07) is 9.45. The van der Waals surface area contributed by atoms with Gasteiger partial charge in [0.2, 0.25) is 0 Å². The lowest BCUT2D eigenvalue weighted by Gasteiger charge is -2.16. The third-order valence-electron chi connectivity index (χ3n) is 3.99. The highest BCUT2D eigenvalue weighted by Crippen LogP contribution is 2.25. The number of rotatable bonds is 5. The van der Waals surface area contributed by atoms with Gasteiger partial charge in [-0.3, -0.25) is 0 Å². The fraction of sp³-hybridized carbons (Fsp3) is 0.588. The average molecular weight is 273 g/mol. The monoisotopic (exact) mass is 273 g/mol. The lowest BCUT2D eigenvalue weighted by atomic mass is 10.0. The van der Waals surface area contributed by atoms with Crippen molar-refractivity contribution in [1.29, 1.82) is 5.26 Å². The van der Waals surface area contributed by atoms with E-state index in [9.17, 15) is 5.11 Å². The second-order valence-electron chi connectivity index (χ2n) is 5.62. The van der Waals surface area contributed by atoms with Gasteiger partial charge in [0.1, 0.15) is 5.75 Å². The number of nitriles is 1. The van der Waals surface area contributed by atoms with Gasteiger partial charge < -0.3 is 9.84 Å². The summed E-state index contributed by atoms with van der Waals surface area (Å²) >= 11 is 0. The van der Waals surface area contributed by atoms with Crippen LogP contribution in [0.15, 0.2) is 24.3 Å². The Hall–Kier alpha value is -1.53. The zero-order valence-electron chi connectivity index (χ0n) is 11.9. The molecule has 0 amide bonds. The summed E-state index contributed by atoms with van der Waals surface area (Å²) in [5, 5.41) is 18.4. The number of benzene rings is 1. The second-order valence-corrected chi connectivity index (χ2v) is 5.62. The Kier molecular flexibility index (Phi) is 5.88. The Bertz CT molecular complexity index is 445. The van der Waals surface area contributed by atoms with Crippen LogP contribution in [0.4, 0.5) is 0 Å². The molecule has 1 N–H and O–H groups in total. The molecule has 1 fully saturated rings. The van der Waals surface area contributed by atoms with E-state index in [0.717, 1.165) is 17.9 Å². The van der Waals surface area contributed by atoms with E-state index in [1.165, 1.54) is 38.5 Å². The first kappa shape index (κ1) is 14.9. The minimum absolute atomic E-state index is 0.117. The van der Waals surface area contributed by atoms with Crippen LogP contribution in [0.3, 0.4) is 0 Å². The molecule has 3 nitrogen and oxygen atoms in total. The molecule has 0 spiro atoms. The van der Waals surface area contributed by atoms with Crippen molar-refractivity contribution in [2.75, 3.05) is 6.61 Å². The van der Waals surface area contributed by atoms with Gasteiger partial charge in [-0.1, -0.05) is 37.8 Å². The zero-order valence-corrected chi connectivity index (χ0v) is 11.9. The van der Waals surface area contributed by atoms with Crippen LogP contribution in [0.5, 0.6) is 5.75 Å². The number of nitrogens with zero attached hydrogens (tertiary/aromatic N) is 1. The Morgan fingerprint density at radius 2 is 2.00 bits per heavy atom. The third-order valence-corrected chi connectivity index (χ3v) is 3.99. The first-order chi connectivity index (χ1) is 9.79. The fourth-order valence-electron chi connectivity index (χ4n) is 2.76. The summed E-state index contributed by atoms with van der Waals surface area (Å²) in [5.41, 5.74) is 0.755. The summed E-state index contributed by atoms with van der Waals surface area (Å²) in [6.45, 7) is 0.762. The predicted octanol–water partition coefficient (Wildman–Crippen LogP) is 3.98. The summed E-state index contributed by atoms with van der Waals surface area (Å²) in [5.74, 6) is 1.45. The van der Waals surface area contributed by atoms with Gasteiger partial charge in [-0.05, 0) is 36.5 Å². The number of aliphatic hydroxyl groups is 1. The molecule has 0 saturated heterocycles. The summed E-state index contributed by atoms with van der Waals surface area (Å²) in [7, 11) is 0. The first-order valence-corrected chi connectivity index (χ1v) is 7.57. The summed E-state index contributed by atoms with van der Waals surface area (Å²) < 4.78 is 5.88. The van der Waals surface area contributed by atoms with Crippen molar-refractivity contribution < 1.29 is 9.84 Å². The molecule has 1 aromatic carbocycles. The zero-order chi connectivity index (χ0) is 14.2. The highest BCUT2D eigenvalue weighted by molar-refractivity contribution is 5.30. The van der Waals surface area contributed by atoms with E-state index in [2.05, 4.69) is 0 Å². The third kappa shape index (κ3) is 4.54. The molecule has 0 bridgehead atoms. The van der Waals surface area contributed by atoms with E-state index in [4.69, 9.17) is 10.00 Å². The Morgan fingerprint density at radius 1 is 1.25 bits per heavy atom. The maximum atomic E-state index is 9.82. The number of hydrogen-bond acceptors (Lipinski definition) is 3. The highest BCUT2D eigenvalue weighted by atomic mass is 16.5. The van der Waals surface area contributed by atoms with E-state index in [1.54, 1.807) is 0 Å². The maximum Gasteiger partial charge on any atom is 0.119 e. The normalized spacial score (nSPS) is 18.0. The largest absolute Gasteiger partial charge is 0.493 e. The maximum absolute atomic E-state index is 9.82. The van der Waals surface area contributed by atoms with E-state index < -0.39 is 6.10 Å². The van der Waals surface area contributed by atoms with Crippen molar-refractivity contribution in [3.8, 4) is 11.8 Å². The number of ether oxygens (including phenoxy) is 1. The van der Waals surface area contributed by atoms with Crippen LogP contribution in [0.1, 0.15) is 56.6 Å². The second kappa shape index (κ2) is 7.91. The van der Waals surface area contributed by atoms with Crippen molar-refractivity contribution >= 4 is 0 Å². The molecule has 0 heterocycles. The quantitative estimate of drug-likeness (QED) is 0.825. The molecule has 108 valence electrons. The Morgan fingerprint density at radius 3 is 2.70 bits per heavy atom. The van der Waals surface area contributed by atoms with E-state index >= 15 is 0 Å². The van der Waals surface area contributed by atoms with E-state index in [0.29, 0.717) is 5.92 Å². The minimum Gasteiger partial charge on any atom is -0.493 e. The molecule has 1 aliphatic carbocycles. The van der Waals surface area contributed by atoms with Gasteiger partial charge in [0, 0.05) is 0 Å². The molecule has 2 rings (SSSR count). The van der Waals surface area contributed by atoms with E-state index in [1.807, 2.05) is 30.3 Å². The van der Waals surface area contributed by atoms with Crippen molar-refractivity contribution in [2.45, 2.75) is 51.0 Å². The van der Waals surface area contributed by atoms with Crippen LogP contribution in [0, 0.1) is 17.2 Å². The van der Waals surface area contributed by atoms with Crippen molar-refractivity contribution in [3.63, 3.8) is 0 Å². The smallest absolute Gasteiger partial charge is 0.119 e. The van der Waals surface area contributed by atoms with Crippen molar-refractivity contribution in [1.82, 2.24) is 0 Å². The number of aliphatic hydroxyl groups excluding tert-OH is 1. The Balaban J connectivity index is 1.89. The molecule has 1 atom stereocenters. The minimum atomic E-state index is -0.721. The topological polar surface area (TPSA) is 53.2 Å².